The van der Waals surface area contributed by atoms with Gasteiger partial charge in [0, 0.05) is 42.9 Å². The number of hydrogen-bond donors (Lipinski definition) is 0. The highest BCUT2D eigenvalue weighted by molar-refractivity contribution is 9.10. The highest BCUT2D eigenvalue weighted by Gasteiger charge is 2.16. The van der Waals surface area contributed by atoms with Crippen molar-refractivity contribution >= 4 is 32.4 Å². The summed E-state index contributed by atoms with van der Waals surface area (Å²) in [7, 11) is 0. The number of piperazine rings is 1. The van der Waals surface area contributed by atoms with Gasteiger partial charge in [0.15, 0.2) is 0 Å². The molecule has 1 fully saturated rings. The standard InChI is InChI=1S/C22H23BrN2O/c23-20-6-8-21(9-7-20)25-13-11-24(12-14-25)15-16-26-22-10-5-18-3-1-2-4-19(18)17-22/h1-10,17H,11-16H2. The Balaban J connectivity index is 1.25. The molecule has 0 radical (unpaired) electrons. The van der Waals surface area contributed by atoms with Gasteiger partial charge in [-0.3, -0.25) is 4.90 Å². The number of fused-ring (bicyclic) bond motifs is 1. The van der Waals surface area contributed by atoms with E-state index in [0.717, 1.165) is 49.6 Å². The van der Waals surface area contributed by atoms with Crippen molar-refractivity contribution in [1.29, 1.82) is 0 Å². The number of benzene rings is 3. The van der Waals surface area contributed by atoms with Crippen molar-refractivity contribution in [3.8, 4) is 5.75 Å². The summed E-state index contributed by atoms with van der Waals surface area (Å²) in [6.07, 6.45) is 0. The molecule has 0 saturated carbocycles. The number of nitrogens with zero attached hydrogens (tertiary/aromatic N) is 2. The Morgan fingerprint density at radius 1 is 0.808 bits per heavy atom. The first-order valence-electron chi connectivity index (χ1n) is 9.12. The van der Waals surface area contributed by atoms with E-state index in [-0.39, 0.29) is 0 Å². The summed E-state index contributed by atoms with van der Waals surface area (Å²) in [5.41, 5.74) is 1.31. The van der Waals surface area contributed by atoms with E-state index in [1.165, 1.54) is 16.5 Å². The molecule has 1 aliphatic rings. The molecule has 0 spiro atoms. The average Bonchev–Trinajstić information content (AvgIpc) is 2.69. The van der Waals surface area contributed by atoms with Crippen molar-refractivity contribution in [3.63, 3.8) is 0 Å². The van der Waals surface area contributed by atoms with Crippen LogP contribution in [0.2, 0.25) is 0 Å². The molecule has 4 rings (SSSR count). The first-order chi connectivity index (χ1) is 12.8. The van der Waals surface area contributed by atoms with Crippen LogP contribution in [-0.4, -0.2) is 44.2 Å². The molecule has 134 valence electrons. The molecule has 0 aromatic heterocycles. The highest BCUT2D eigenvalue weighted by atomic mass is 79.9. The molecule has 1 heterocycles. The summed E-state index contributed by atoms with van der Waals surface area (Å²) in [6.45, 7) is 6.00. The van der Waals surface area contributed by atoms with E-state index < -0.39 is 0 Å². The fourth-order valence-electron chi connectivity index (χ4n) is 3.43. The minimum absolute atomic E-state index is 0.733. The lowest BCUT2D eigenvalue weighted by atomic mass is 10.1. The van der Waals surface area contributed by atoms with Gasteiger partial charge >= 0.3 is 0 Å². The first kappa shape index (κ1) is 17.4. The number of rotatable bonds is 5. The summed E-state index contributed by atoms with van der Waals surface area (Å²) in [4.78, 5) is 4.93. The Kier molecular flexibility index (Phi) is 5.42. The first-order valence-corrected chi connectivity index (χ1v) is 9.92. The SMILES string of the molecule is Brc1ccc(N2CCN(CCOc3ccc4ccccc4c3)CC2)cc1. The molecule has 0 amide bonds. The van der Waals surface area contributed by atoms with Gasteiger partial charge in [0.25, 0.3) is 0 Å². The molecule has 0 atom stereocenters. The molecule has 0 unspecified atom stereocenters. The summed E-state index contributed by atoms with van der Waals surface area (Å²) in [5.74, 6) is 0.956. The highest BCUT2D eigenvalue weighted by Crippen LogP contribution is 2.21. The summed E-state index contributed by atoms with van der Waals surface area (Å²) in [6, 6.07) is 23.3. The topological polar surface area (TPSA) is 15.7 Å². The molecule has 0 bridgehead atoms. The largest absolute Gasteiger partial charge is 0.492 e. The quantitative estimate of drug-likeness (QED) is 0.600. The van der Waals surface area contributed by atoms with E-state index in [1.807, 2.05) is 0 Å². The van der Waals surface area contributed by atoms with Crippen molar-refractivity contribution in [3.05, 3.63) is 71.2 Å². The van der Waals surface area contributed by atoms with Gasteiger partial charge in [0.1, 0.15) is 12.4 Å². The van der Waals surface area contributed by atoms with E-state index in [9.17, 15) is 0 Å². The van der Waals surface area contributed by atoms with Gasteiger partial charge in [0.2, 0.25) is 0 Å². The van der Waals surface area contributed by atoms with E-state index in [1.54, 1.807) is 0 Å². The Morgan fingerprint density at radius 3 is 2.31 bits per heavy atom. The van der Waals surface area contributed by atoms with Crippen LogP contribution < -0.4 is 9.64 Å². The molecule has 3 aromatic rings. The predicted molar refractivity (Wildman–Crippen MR) is 112 cm³/mol. The molecular formula is C22H23BrN2O. The maximum absolute atomic E-state index is 5.98. The lowest BCUT2D eigenvalue weighted by Crippen LogP contribution is -2.47. The number of anilines is 1. The van der Waals surface area contributed by atoms with E-state index >= 15 is 0 Å². The van der Waals surface area contributed by atoms with Crippen molar-refractivity contribution in [2.24, 2.45) is 0 Å². The normalized spacial score (nSPS) is 15.3. The summed E-state index contributed by atoms with van der Waals surface area (Å²) >= 11 is 3.50. The Morgan fingerprint density at radius 2 is 1.54 bits per heavy atom. The van der Waals surface area contributed by atoms with Gasteiger partial charge in [-0.25, -0.2) is 0 Å². The molecule has 0 aliphatic carbocycles. The Labute approximate surface area is 163 Å². The Bertz CT molecular complexity index is 857. The summed E-state index contributed by atoms with van der Waals surface area (Å²) in [5, 5.41) is 2.48. The van der Waals surface area contributed by atoms with Crippen LogP contribution in [0.3, 0.4) is 0 Å². The molecule has 3 aromatic carbocycles. The molecule has 3 nitrogen and oxygen atoms in total. The molecule has 1 saturated heterocycles. The van der Waals surface area contributed by atoms with Gasteiger partial charge in [-0.05, 0) is 47.2 Å². The van der Waals surface area contributed by atoms with Crippen LogP contribution in [-0.2, 0) is 0 Å². The minimum Gasteiger partial charge on any atom is -0.492 e. The molecule has 26 heavy (non-hydrogen) atoms. The van der Waals surface area contributed by atoms with E-state index in [2.05, 4.69) is 92.5 Å². The lowest BCUT2D eigenvalue weighted by molar-refractivity contribution is 0.200. The fraction of sp³-hybridized carbons (Fsp3) is 0.273. The number of ether oxygens (including phenoxy) is 1. The van der Waals surface area contributed by atoms with E-state index in [4.69, 9.17) is 4.74 Å². The van der Waals surface area contributed by atoms with Gasteiger partial charge in [-0.2, -0.15) is 0 Å². The van der Waals surface area contributed by atoms with Crippen LogP contribution in [0.1, 0.15) is 0 Å². The third-order valence-corrected chi connectivity index (χ3v) is 5.49. The number of hydrogen-bond acceptors (Lipinski definition) is 3. The average molecular weight is 411 g/mol. The molecule has 1 aliphatic heterocycles. The number of halogens is 1. The van der Waals surface area contributed by atoms with E-state index in [0.29, 0.717) is 0 Å². The van der Waals surface area contributed by atoms with Gasteiger partial charge < -0.3 is 9.64 Å². The molecule has 4 heteroatoms. The zero-order valence-electron chi connectivity index (χ0n) is 14.8. The third-order valence-electron chi connectivity index (χ3n) is 4.96. The van der Waals surface area contributed by atoms with Crippen LogP contribution in [0.4, 0.5) is 5.69 Å². The zero-order valence-corrected chi connectivity index (χ0v) is 16.4. The van der Waals surface area contributed by atoms with Crippen molar-refractivity contribution in [1.82, 2.24) is 4.90 Å². The maximum Gasteiger partial charge on any atom is 0.120 e. The van der Waals surface area contributed by atoms with Gasteiger partial charge in [-0.1, -0.05) is 46.3 Å². The molecular weight excluding hydrogens is 388 g/mol. The molecule has 0 N–H and O–H groups in total. The third kappa shape index (κ3) is 4.19. The Hall–Kier alpha value is -2.04. The monoisotopic (exact) mass is 410 g/mol. The second kappa shape index (κ2) is 8.11. The van der Waals surface area contributed by atoms with Gasteiger partial charge in [0.05, 0.1) is 0 Å². The lowest BCUT2D eigenvalue weighted by Gasteiger charge is -2.36. The van der Waals surface area contributed by atoms with Crippen molar-refractivity contribution in [2.75, 3.05) is 44.2 Å². The summed E-state index contributed by atoms with van der Waals surface area (Å²) < 4.78 is 7.11. The van der Waals surface area contributed by atoms with Crippen LogP contribution >= 0.6 is 15.9 Å². The second-order valence-corrected chi connectivity index (χ2v) is 7.58. The zero-order chi connectivity index (χ0) is 17.8. The smallest absolute Gasteiger partial charge is 0.120 e. The maximum atomic E-state index is 5.98. The van der Waals surface area contributed by atoms with Crippen LogP contribution in [0, 0.1) is 0 Å². The van der Waals surface area contributed by atoms with Crippen molar-refractivity contribution < 1.29 is 4.74 Å². The van der Waals surface area contributed by atoms with Crippen LogP contribution in [0.5, 0.6) is 5.75 Å². The van der Waals surface area contributed by atoms with Crippen LogP contribution in [0.15, 0.2) is 71.2 Å². The minimum atomic E-state index is 0.733. The second-order valence-electron chi connectivity index (χ2n) is 6.66. The van der Waals surface area contributed by atoms with Gasteiger partial charge in [-0.15, -0.1) is 0 Å². The fourth-order valence-corrected chi connectivity index (χ4v) is 3.70. The van der Waals surface area contributed by atoms with Crippen LogP contribution in [0.25, 0.3) is 10.8 Å². The van der Waals surface area contributed by atoms with Crippen molar-refractivity contribution in [2.45, 2.75) is 0 Å². The predicted octanol–water partition coefficient (Wildman–Crippen LogP) is 4.80.